The molecule has 1 aliphatic rings. The molecule has 0 aromatic heterocycles. The van der Waals surface area contributed by atoms with Crippen molar-refractivity contribution in [2.45, 2.75) is 10.3 Å². The van der Waals surface area contributed by atoms with Crippen LogP contribution in [0, 0.1) is 5.92 Å². The number of rotatable bonds is 6. The molecule has 3 aromatic carbocycles. The first-order valence-corrected chi connectivity index (χ1v) is 12.0. The Kier molecular flexibility index (Phi) is 8.74. The van der Waals surface area contributed by atoms with E-state index >= 15 is 0 Å². The SMILES string of the molecule is CNc1ccc(NC(=O)c2cc(NC(=O)[C@H]3[C@H](c4cc(Cl)cc(Cl)c4)C3(Cl)Cl)ccc2Cl)cc1.Cl. The van der Waals surface area contributed by atoms with Crippen LogP contribution < -0.4 is 16.0 Å². The second-order valence-electron chi connectivity index (χ2n) is 7.80. The minimum atomic E-state index is -1.32. The van der Waals surface area contributed by atoms with Crippen LogP contribution in [0.1, 0.15) is 21.8 Å². The molecule has 4 rings (SSSR count). The second-order valence-corrected chi connectivity index (χ2v) is 10.5. The van der Waals surface area contributed by atoms with E-state index in [0.29, 0.717) is 27.0 Å². The maximum atomic E-state index is 13.0. The Labute approximate surface area is 233 Å². The summed E-state index contributed by atoms with van der Waals surface area (Å²) in [6, 6.07) is 16.8. The standard InChI is InChI=1S/C24H18Cl5N3O2.ClH/c1-30-15-2-4-16(5-3-15)31-22(33)18-11-17(6-7-19(18)27)32-23(34)21-20(24(21,28)29)12-8-13(25)10-14(26)9-12;/h2-11,20-21,30H,1H3,(H,31,33)(H,32,34);1H/t20-,21+;/m0./s1. The molecule has 5 nitrogen and oxygen atoms in total. The number of anilines is 3. The van der Waals surface area contributed by atoms with Crippen molar-refractivity contribution < 1.29 is 9.59 Å². The van der Waals surface area contributed by atoms with Gasteiger partial charge in [-0.15, -0.1) is 35.6 Å². The van der Waals surface area contributed by atoms with Gasteiger partial charge in [0.1, 0.15) is 4.33 Å². The van der Waals surface area contributed by atoms with Gasteiger partial charge in [-0.05, 0) is 66.2 Å². The van der Waals surface area contributed by atoms with Crippen molar-refractivity contribution in [1.29, 1.82) is 0 Å². The average molecular weight is 594 g/mol. The molecule has 1 fully saturated rings. The van der Waals surface area contributed by atoms with Gasteiger partial charge in [0, 0.05) is 40.1 Å². The Morgan fingerprint density at radius 3 is 1.97 bits per heavy atom. The van der Waals surface area contributed by atoms with Crippen LogP contribution in [0.4, 0.5) is 17.1 Å². The molecular weight excluding hydrogens is 575 g/mol. The lowest BCUT2D eigenvalue weighted by atomic mass is 10.1. The third-order valence-corrected chi connectivity index (χ3v) is 7.20. The molecule has 0 unspecified atom stereocenters. The topological polar surface area (TPSA) is 70.2 Å². The van der Waals surface area contributed by atoms with Gasteiger partial charge in [0.25, 0.3) is 5.91 Å². The van der Waals surface area contributed by atoms with Crippen molar-refractivity contribution in [1.82, 2.24) is 0 Å². The maximum absolute atomic E-state index is 13.0. The number of alkyl halides is 2. The van der Waals surface area contributed by atoms with E-state index in [4.69, 9.17) is 58.0 Å². The molecule has 2 atom stereocenters. The highest BCUT2D eigenvalue weighted by Crippen LogP contribution is 2.65. The predicted octanol–water partition coefficient (Wildman–Crippen LogP) is 7.89. The first kappa shape index (κ1) is 27.7. The molecular formula is C24H19Cl6N3O2. The normalized spacial score (nSPS) is 17.7. The van der Waals surface area contributed by atoms with Crippen molar-refractivity contribution in [3.63, 3.8) is 0 Å². The molecule has 0 heterocycles. The van der Waals surface area contributed by atoms with Gasteiger partial charge < -0.3 is 16.0 Å². The van der Waals surface area contributed by atoms with E-state index in [-0.39, 0.29) is 23.0 Å². The summed E-state index contributed by atoms with van der Waals surface area (Å²) in [6.45, 7) is 0. The van der Waals surface area contributed by atoms with E-state index in [1.54, 1.807) is 43.4 Å². The van der Waals surface area contributed by atoms with Gasteiger partial charge in [0.15, 0.2) is 0 Å². The van der Waals surface area contributed by atoms with E-state index in [9.17, 15) is 9.59 Å². The Morgan fingerprint density at radius 1 is 0.800 bits per heavy atom. The average Bonchev–Trinajstić information content (AvgIpc) is 3.37. The number of halogens is 6. The first-order valence-electron chi connectivity index (χ1n) is 10.1. The molecule has 11 heteroatoms. The second kappa shape index (κ2) is 11.0. The Morgan fingerprint density at radius 2 is 1.37 bits per heavy atom. The minimum Gasteiger partial charge on any atom is -0.388 e. The number of carbonyl (C=O) groups is 2. The number of carbonyl (C=O) groups excluding carboxylic acids is 2. The molecule has 3 N–H and O–H groups in total. The highest BCUT2D eigenvalue weighted by molar-refractivity contribution is 6.53. The number of hydrogen-bond donors (Lipinski definition) is 3. The molecule has 1 aliphatic carbocycles. The Balaban J connectivity index is 0.00000342. The molecule has 1 saturated carbocycles. The van der Waals surface area contributed by atoms with Crippen LogP contribution in [0.5, 0.6) is 0 Å². The van der Waals surface area contributed by atoms with Gasteiger partial charge >= 0.3 is 0 Å². The van der Waals surface area contributed by atoms with Crippen molar-refractivity contribution in [3.8, 4) is 0 Å². The molecule has 0 aliphatic heterocycles. The van der Waals surface area contributed by atoms with Crippen molar-refractivity contribution in [2.75, 3.05) is 23.0 Å². The van der Waals surface area contributed by atoms with E-state index in [0.717, 1.165) is 5.69 Å². The molecule has 0 spiro atoms. The summed E-state index contributed by atoms with van der Waals surface area (Å²) in [5.74, 6) is -2.03. The maximum Gasteiger partial charge on any atom is 0.257 e. The van der Waals surface area contributed by atoms with E-state index in [1.807, 2.05) is 12.1 Å². The van der Waals surface area contributed by atoms with Crippen molar-refractivity contribution >= 4 is 99.3 Å². The molecule has 2 amide bonds. The molecule has 35 heavy (non-hydrogen) atoms. The van der Waals surface area contributed by atoms with Gasteiger partial charge in [0.2, 0.25) is 5.91 Å². The zero-order valence-electron chi connectivity index (χ0n) is 18.0. The smallest absolute Gasteiger partial charge is 0.257 e. The summed E-state index contributed by atoms with van der Waals surface area (Å²) in [6.07, 6.45) is 0. The molecule has 184 valence electrons. The molecule has 0 radical (unpaired) electrons. The van der Waals surface area contributed by atoms with Gasteiger partial charge in [-0.1, -0.05) is 34.8 Å². The number of benzene rings is 3. The number of nitrogens with one attached hydrogen (secondary N) is 3. The predicted molar refractivity (Wildman–Crippen MR) is 148 cm³/mol. The summed E-state index contributed by atoms with van der Waals surface area (Å²) in [4.78, 5) is 25.8. The molecule has 0 saturated heterocycles. The summed E-state index contributed by atoms with van der Waals surface area (Å²) in [5.41, 5.74) is 2.76. The van der Waals surface area contributed by atoms with Crippen LogP contribution in [0.2, 0.25) is 15.1 Å². The minimum absolute atomic E-state index is 0. The van der Waals surface area contributed by atoms with Crippen molar-refractivity contribution in [3.05, 3.63) is 86.9 Å². The van der Waals surface area contributed by atoms with Crippen LogP contribution >= 0.6 is 70.4 Å². The molecule has 0 bridgehead atoms. The zero-order valence-corrected chi connectivity index (χ0v) is 22.6. The summed E-state index contributed by atoms with van der Waals surface area (Å²) in [7, 11) is 1.81. The van der Waals surface area contributed by atoms with Crippen LogP contribution in [0.15, 0.2) is 60.7 Å². The highest BCUT2D eigenvalue weighted by atomic mass is 35.5. The van der Waals surface area contributed by atoms with E-state index < -0.39 is 28.0 Å². The van der Waals surface area contributed by atoms with Crippen LogP contribution in [-0.2, 0) is 4.79 Å². The van der Waals surface area contributed by atoms with Gasteiger partial charge in [-0.25, -0.2) is 0 Å². The highest BCUT2D eigenvalue weighted by Gasteiger charge is 2.67. The van der Waals surface area contributed by atoms with Crippen LogP contribution in [-0.4, -0.2) is 23.2 Å². The lowest BCUT2D eigenvalue weighted by molar-refractivity contribution is -0.117. The zero-order chi connectivity index (χ0) is 24.6. The Hall–Kier alpha value is -1.86. The molecule has 3 aromatic rings. The van der Waals surface area contributed by atoms with E-state index in [2.05, 4.69) is 16.0 Å². The summed E-state index contributed by atoms with van der Waals surface area (Å²) < 4.78 is -1.32. The largest absolute Gasteiger partial charge is 0.388 e. The van der Waals surface area contributed by atoms with Crippen LogP contribution in [0.3, 0.4) is 0 Å². The van der Waals surface area contributed by atoms with Crippen LogP contribution in [0.25, 0.3) is 0 Å². The number of amides is 2. The lowest BCUT2D eigenvalue weighted by Crippen LogP contribution is -2.18. The fraction of sp³-hybridized carbons (Fsp3) is 0.167. The first-order chi connectivity index (χ1) is 16.1. The summed E-state index contributed by atoms with van der Waals surface area (Å²) in [5, 5.41) is 9.65. The quantitative estimate of drug-likeness (QED) is 0.255. The monoisotopic (exact) mass is 591 g/mol. The fourth-order valence-corrected chi connectivity index (χ4v) is 5.31. The fourth-order valence-electron chi connectivity index (χ4n) is 3.74. The number of hydrogen-bond acceptors (Lipinski definition) is 3. The van der Waals surface area contributed by atoms with Crippen molar-refractivity contribution in [2.24, 2.45) is 5.92 Å². The van der Waals surface area contributed by atoms with Gasteiger partial charge in [-0.3, -0.25) is 9.59 Å². The van der Waals surface area contributed by atoms with Gasteiger partial charge in [-0.2, -0.15) is 0 Å². The van der Waals surface area contributed by atoms with E-state index in [1.165, 1.54) is 12.1 Å². The summed E-state index contributed by atoms with van der Waals surface area (Å²) >= 11 is 31.3. The Bertz CT molecular complexity index is 1250. The van der Waals surface area contributed by atoms with Gasteiger partial charge in [0.05, 0.1) is 16.5 Å². The third kappa shape index (κ3) is 6.11. The lowest BCUT2D eigenvalue weighted by Gasteiger charge is -2.11. The third-order valence-electron chi connectivity index (χ3n) is 5.49.